The zero-order chi connectivity index (χ0) is 24.2. The lowest BCUT2D eigenvalue weighted by atomic mass is 9.93. The quantitative estimate of drug-likeness (QED) is 0.604. The van der Waals surface area contributed by atoms with Crippen LogP contribution in [0, 0.1) is 5.82 Å². The normalized spacial score (nSPS) is 20.1. The van der Waals surface area contributed by atoms with Gasteiger partial charge in [-0.2, -0.15) is 0 Å². The van der Waals surface area contributed by atoms with E-state index in [9.17, 15) is 23.6 Å². The second-order valence-electron chi connectivity index (χ2n) is 8.41. The molecule has 3 N–H and O–H groups in total. The Balaban J connectivity index is 1.48. The molecule has 2 fully saturated rings. The second-order valence-corrected chi connectivity index (χ2v) is 8.41. The van der Waals surface area contributed by atoms with Gasteiger partial charge in [-0.1, -0.05) is 12.1 Å². The van der Waals surface area contributed by atoms with Crippen molar-refractivity contribution in [2.75, 3.05) is 23.7 Å². The fraction of sp³-hybridized carbons (Fsp3) is 0.333. The number of fused-ring (bicyclic) bond motifs is 1. The third kappa shape index (κ3) is 5.23. The van der Waals surface area contributed by atoms with Crippen molar-refractivity contribution in [2.45, 2.75) is 38.4 Å². The summed E-state index contributed by atoms with van der Waals surface area (Å²) >= 11 is 0. The van der Waals surface area contributed by atoms with E-state index in [1.807, 2.05) is 0 Å². The van der Waals surface area contributed by atoms with Gasteiger partial charge in [-0.25, -0.2) is 9.18 Å². The predicted molar refractivity (Wildman–Crippen MR) is 123 cm³/mol. The summed E-state index contributed by atoms with van der Waals surface area (Å²) in [7, 11) is 0. The standard InChI is InChI=1S/C24H26FN5O4/c1-15(31)27-18-8-10-19(11-9-18)28-21(32)14-29-20-3-2-12-26-22(20)23(33)30(24(29)34)13-16-4-6-17(25)7-5-16/h4-11,20,22,26H,2-3,12-14H2,1H3,(H,27,31)(H,28,32). The Morgan fingerprint density at radius 2 is 1.68 bits per heavy atom. The summed E-state index contributed by atoms with van der Waals surface area (Å²) in [5.41, 5.74) is 1.73. The van der Waals surface area contributed by atoms with E-state index in [-0.39, 0.29) is 24.9 Å². The van der Waals surface area contributed by atoms with Gasteiger partial charge >= 0.3 is 6.03 Å². The Labute approximate surface area is 196 Å². The van der Waals surface area contributed by atoms with Crippen LogP contribution in [0.4, 0.5) is 20.6 Å². The molecule has 0 saturated carbocycles. The van der Waals surface area contributed by atoms with Crippen LogP contribution in [-0.2, 0) is 20.9 Å². The number of halogens is 1. The molecule has 178 valence electrons. The first-order chi connectivity index (χ1) is 16.3. The van der Waals surface area contributed by atoms with Gasteiger partial charge in [-0.15, -0.1) is 0 Å². The van der Waals surface area contributed by atoms with Gasteiger partial charge in [0.05, 0.1) is 12.6 Å². The fourth-order valence-corrected chi connectivity index (χ4v) is 4.32. The number of piperidine rings is 1. The zero-order valence-corrected chi connectivity index (χ0v) is 18.7. The number of carbonyl (C=O) groups excluding carboxylic acids is 4. The maximum Gasteiger partial charge on any atom is 0.327 e. The molecule has 0 bridgehead atoms. The molecule has 2 aromatic rings. The van der Waals surface area contributed by atoms with Crippen LogP contribution in [0.5, 0.6) is 0 Å². The maximum atomic E-state index is 13.3. The minimum atomic E-state index is -0.600. The number of anilines is 2. The first kappa shape index (κ1) is 23.4. The molecule has 2 aliphatic heterocycles. The van der Waals surface area contributed by atoms with Gasteiger partial charge in [0.25, 0.3) is 0 Å². The molecular weight excluding hydrogens is 441 g/mol. The average Bonchev–Trinajstić information content (AvgIpc) is 2.81. The number of nitrogens with one attached hydrogen (secondary N) is 3. The summed E-state index contributed by atoms with van der Waals surface area (Å²) in [6.07, 6.45) is 1.39. The van der Waals surface area contributed by atoms with Gasteiger partial charge in [0.2, 0.25) is 17.7 Å². The fourth-order valence-electron chi connectivity index (χ4n) is 4.32. The Hall–Kier alpha value is -3.79. The molecule has 2 unspecified atom stereocenters. The number of hydrogen-bond donors (Lipinski definition) is 3. The Kier molecular flexibility index (Phi) is 6.87. The third-order valence-corrected chi connectivity index (χ3v) is 5.89. The van der Waals surface area contributed by atoms with E-state index in [1.165, 1.54) is 36.1 Å². The van der Waals surface area contributed by atoms with Gasteiger partial charge in [0.15, 0.2) is 0 Å². The van der Waals surface area contributed by atoms with Gasteiger partial charge in [-0.3, -0.25) is 19.3 Å². The van der Waals surface area contributed by atoms with Gasteiger partial charge < -0.3 is 20.9 Å². The lowest BCUT2D eigenvalue weighted by molar-refractivity contribution is -0.138. The largest absolute Gasteiger partial charge is 0.327 e. The van der Waals surface area contributed by atoms with E-state index >= 15 is 0 Å². The van der Waals surface area contributed by atoms with Crippen molar-refractivity contribution < 1.29 is 23.6 Å². The number of urea groups is 1. The summed E-state index contributed by atoms with van der Waals surface area (Å²) < 4.78 is 13.3. The highest BCUT2D eigenvalue weighted by atomic mass is 19.1. The van der Waals surface area contributed by atoms with E-state index in [0.717, 1.165) is 11.3 Å². The molecule has 0 aliphatic carbocycles. The van der Waals surface area contributed by atoms with Crippen molar-refractivity contribution in [1.82, 2.24) is 15.1 Å². The van der Waals surface area contributed by atoms with Crippen molar-refractivity contribution in [3.63, 3.8) is 0 Å². The van der Waals surface area contributed by atoms with Crippen molar-refractivity contribution in [3.8, 4) is 0 Å². The molecule has 34 heavy (non-hydrogen) atoms. The molecule has 2 heterocycles. The minimum Gasteiger partial charge on any atom is -0.326 e. The third-order valence-electron chi connectivity index (χ3n) is 5.89. The van der Waals surface area contributed by atoms with Crippen LogP contribution in [0.3, 0.4) is 0 Å². The van der Waals surface area contributed by atoms with Crippen LogP contribution >= 0.6 is 0 Å². The van der Waals surface area contributed by atoms with E-state index in [1.54, 1.807) is 24.3 Å². The summed E-state index contributed by atoms with van der Waals surface area (Å²) in [6, 6.07) is 10.7. The summed E-state index contributed by atoms with van der Waals surface area (Å²) in [4.78, 5) is 52.9. The molecule has 0 radical (unpaired) electrons. The van der Waals surface area contributed by atoms with Gasteiger partial charge in [0.1, 0.15) is 18.4 Å². The lowest BCUT2D eigenvalue weighted by Gasteiger charge is -2.46. The highest BCUT2D eigenvalue weighted by molar-refractivity contribution is 6.03. The summed E-state index contributed by atoms with van der Waals surface area (Å²) in [5, 5.41) is 8.59. The second kappa shape index (κ2) is 10.0. The molecule has 0 aromatic heterocycles. The number of benzene rings is 2. The Morgan fingerprint density at radius 1 is 1.03 bits per heavy atom. The van der Waals surface area contributed by atoms with Crippen molar-refractivity contribution >= 4 is 35.1 Å². The number of hydrogen-bond acceptors (Lipinski definition) is 5. The number of nitrogens with zero attached hydrogens (tertiary/aromatic N) is 2. The van der Waals surface area contributed by atoms with Crippen LogP contribution in [0.25, 0.3) is 0 Å². The summed E-state index contributed by atoms with van der Waals surface area (Å²) in [6.45, 7) is 1.82. The molecular formula is C24H26FN5O4. The van der Waals surface area contributed by atoms with Crippen molar-refractivity contribution in [3.05, 3.63) is 59.9 Å². The van der Waals surface area contributed by atoms with Crippen molar-refractivity contribution in [1.29, 1.82) is 0 Å². The molecule has 0 spiro atoms. The van der Waals surface area contributed by atoms with Gasteiger partial charge in [-0.05, 0) is 61.3 Å². The van der Waals surface area contributed by atoms with Crippen LogP contribution in [0.15, 0.2) is 48.5 Å². The molecule has 10 heteroatoms. The van der Waals surface area contributed by atoms with E-state index in [4.69, 9.17) is 0 Å². The highest BCUT2D eigenvalue weighted by Gasteiger charge is 2.47. The summed E-state index contributed by atoms with van der Waals surface area (Å²) in [5.74, 6) is -1.35. The monoisotopic (exact) mass is 467 g/mol. The first-order valence-corrected chi connectivity index (χ1v) is 11.1. The number of carbonyl (C=O) groups is 4. The van der Waals surface area contributed by atoms with Crippen LogP contribution in [0.2, 0.25) is 0 Å². The highest BCUT2D eigenvalue weighted by Crippen LogP contribution is 2.26. The van der Waals surface area contributed by atoms with E-state index < -0.39 is 29.8 Å². The number of amides is 5. The van der Waals surface area contributed by atoms with E-state index in [2.05, 4.69) is 16.0 Å². The SMILES string of the molecule is CC(=O)Nc1ccc(NC(=O)CN2C(=O)N(Cc3ccc(F)cc3)C(=O)C3NCCCC32)cc1. The smallest absolute Gasteiger partial charge is 0.326 e. The van der Waals surface area contributed by atoms with Gasteiger partial charge in [0, 0.05) is 18.3 Å². The van der Waals surface area contributed by atoms with E-state index in [0.29, 0.717) is 29.9 Å². The van der Waals surface area contributed by atoms with Crippen LogP contribution in [-0.4, -0.2) is 58.7 Å². The molecule has 2 aliphatic rings. The predicted octanol–water partition coefficient (Wildman–Crippen LogP) is 2.31. The average molecular weight is 468 g/mol. The van der Waals surface area contributed by atoms with Crippen molar-refractivity contribution in [2.24, 2.45) is 0 Å². The number of imide groups is 1. The molecule has 9 nitrogen and oxygen atoms in total. The zero-order valence-electron chi connectivity index (χ0n) is 18.7. The molecule has 2 saturated heterocycles. The molecule has 5 amide bonds. The maximum absolute atomic E-state index is 13.3. The number of rotatable bonds is 6. The van der Waals surface area contributed by atoms with Crippen LogP contribution < -0.4 is 16.0 Å². The topological polar surface area (TPSA) is 111 Å². The molecule has 2 atom stereocenters. The molecule has 2 aromatic carbocycles. The Morgan fingerprint density at radius 3 is 2.32 bits per heavy atom. The first-order valence-electron chi connectivity index (χ1n) is 11.1. The minimum absolute atomic E-state index is 0.00836. The Bertz CT molecular complexity index is 1090. The molecule has 4 rings (SSSR count). The van der Waals surface area contributed by atoms with Crippen LogP contribution in [0.1, 0.15) is 25.3 Å². The lowest BCUT2D eigenvalue weighted by Crippen LogP contribution is -2.70.